The lowest BCUT2D eigenvalue weighted by atomic mass is 9.94. The number of hydrogen-bond donors (Lipinski definition) is 2. The maximum absolute atomic E-state index is 12.4. The molecule has 0 bridgehead atoms. The molecule has 1 atom stereocenters. The van der Waals surface area contributed by atoms with E-state index in [2.05, 4.69) is 57.0 Å². The second-order valence-electron chi connectivity index (χ2n) is 9.28. The third-order valence-electron chi connectivity index (χ3n) is 7.05. The van der Waals surface area contributed by atoms with E-state index in [1.54, 1.807) is 7.11 Å². The third kappa shape index (κ3) is 4.42. The van der Waals surface area contributed by atoms with E-state index >= 15 is 0 Å². The number of alkyl halides is 1. The zero-order valence-electron chi connectivity index (χ0n) is 19.9. The Morgan fingerprint density at radius 1 is 1.29 bits per heavy atom. The number of likely N-dealkylation sites (tertiary alicyclic amines) is 1. The van der Waals surface area contributed by atoms with E-state index in [0.29, 0.717) is 12.5 Å². The highest BCUT2D eigenvalue weighted by Gasteiger charge is 2.34. The molecule has 1 aromatic carbocycles. The van der Waals surface area contributed by atoms with Crippen LogP contribution in [0.1, 0.15) is 35.8 Å². The van der Waals surface area contributed by atoms with Gasteiger partial charge < -0.3 is 15.0 Å². The third-order valence-corrected chi connectivity index (χ3v) is 7.05. The number of aromatic amines is 1. The van der Waals surface area contributed by atoms with Gasteiger partial charge in [0.05, 0.1) is 37.8 Å². The van der Waals surface area contributed by atoms with Gasteiger partial charge in [-0.05, 0) is 30.9 Å². The molecule has 6 nitrogen and oxygen atoms in total. The van der Waals surface area contributed by atoms with E-state index in [4.69, 9.17) is 9.72 Å². The molecule has 0 radical (unpaired) electrons. The van der Waals surface area contributed by atoms with Gasteiger partial charge in [0.15, 0.2) is 0 Å². The van der Waals surface area contributed by atoms with Crippen molar-refractivity contribution < 1.29 is 9.13 Å². The van der Waals surface area contributed by atoms with Crippen molar-refractivity contribution in [2.75, 3.05) is 51.8 Å². The summed E-state index contributed by atoms with van der Waals surface area (Å²) in [5.41, 5.74) is 5.65. The minimum atomic E-state index is -0.250. The molecule has 5 rings (SSSR count). The van der Waals surface area contributed by atoms with E-state index in [0.717, 1.165) is 62.7 Å². The first-order valence-corrected chi connectivity index (χ1v) is 12.2. The summed E-state index contributed by atoms with van der Waals surface area (Å²) >= 11 is 0. The summed E-state index contributed by atoms with van der Waals surface area (Å²) in [6.45, 7) is 8.25. The van der Waals surface area contributed by atoms with Crippen LogP contribution in [0.25, 0.3) is 10.9 Å². The van der Waals surface area contributed by atoms with Gasteiger partial charge in [-0.1, -0.05) is 24.3 Å². The predicted molar refractivity (Wildman–Crippen MR) is 135 cm³/mol. The van der Waals surface area contributed by atoms with Crippen LogP contribution in [-0.4, -0.2) is 72.3 Å². The van der Waals surface area contributed by atoms with E-state index < -0.39 is 0 Å². The van der Waals surface area contributed by atoms with Crippen LogP contribution in [0.3, 0.4) is 0 Å². The first kappa shape index (κ1) is 22.9. The molecule has 4 heterocycles. The molecule has 0 amide bonds. The van der Waals surface area contributed by atoms with Crippen LogP contribution in [0.4, 0.5) is 10.1 Å². The number of nitrogens with zero attached hydrogens (tertiary/aromatic N) is 3. The van der Waals surface area contributed by atoms with Crippen molar-refractivity contribution in [1.29, 1.82) is 0 Å². The van der Waals surface area contributed by atoms with Crippen molar-refractivity contribution in [3.63, 3.8) is 0 Å². The number of hydrogen-bond acceptors (Lipinski definition) is 5. The molecule has 2 aliphatic heterocycles. The van der Waals surface area contributed by atoms with Crippen LogP contribution in [0.5, 0.6) is 5.75 Å². The Kier molecular flexibility index (Phi) is 6.83. The lowest BCUT2D eigenvalue weighted by Crippen LogP contribution is -2.54. The average Bonchev–Trinajstić information content (AvgIpc) is 3.22. The molecule has 1 saturated heterocycles. The number of fused-ring (bicyclic) bond motifs is 3. The molecule has 0 spiro atoms. The van der Waals surface area contributed by atoms with E-state index in [1.165, 1.54) is 22.2 Å². The molecule has 34 heavy (non-hydrogen) atoms. The van der Waals surface area contributed by atoms with Gasteiger partial charge in [-0.2, -0.15) is 0 Å². The fourth-order valence-corrected chi connectivity index (χ4v) is 5.36. The van der Waals surface area contributed by atoms with Crippen molar-refractivity contribution in [1.82, 2.24) is 19.8 Å². The number of H-pyrrole nitrogens is 1. The topological polar surface area (TPSA) is 56.4 Å². The minimum Gasteiger partial charge on any atom is -0.495 e. The lowest BCUT2D eigenvalue weighted by Gasteiger charge is -2.40. The quantitative estimate of drug-likeness (QED) is 0.432. The fourth-order valence-electron chi connectivity index (χ4n) is 5.36. The number of methoxy groups -OCH3 is 1. The zero-order chi connectivity index (χ0) is 23.5. The van der Waals surface area contributed by atoms with Gasteiger partial charge in [0.1, 0.15) is 11.4 Å². The monoisotopic (exact) mass is 463 g/mol. The standard InChI is InChI=1S/C27H34FN5O/c1-3-4-13-33-14-10-22-21-8-5-6-9-23(21)31-25(22)27(33)26-24(34-2)15-19(16-29-26)30-20-17-32(18-20)12-7-11-28/h3,5-6,8-9,15-16,20,27,30-31H,1,4,7,10-14,17-18H2,2H3/t27-/m0/s1. The largest absolute Gasteiger partial charge is 0.495 e. The first-order valence-electron chi connectivity index (χ1n) is 12.2. The van der Waals surface area contributed by atoms with Gasteiger partial charge in [0, 0.05) is 55.4 Å². The highest BCUT2D eigenvalue weighted by atomic mass is 19.1. The highest BCUT2D eigenvalue weighted by Crippen LogP contribution is 2.41. The first-order chi connectivity index (χ1) is 16.7. The van der Waals surface area contributed by atoms with Gasteiger partial charge in [-0.25, -0.2) is 0 Å². The molecule has 1 fully saturated rings. The molecule has 2 aliphatic rings. The summed E-state index contributed by atoms with van der Waals surface area (Å²) in [6.07, 6.45) is 6.44. The number of aromatic nitrogens is 2. The number of ether oxygens (including phenoxy) is 1. The summed E-state index contributed by atoms with van der Waals surface area (Å²) in [7, 11) is 1.72. The molecule has 0 unspecified atom stereocenters. The Hall–Kier alpha value is -2.90. The highest BCUT2D eigenvalue weighted by molar-refractivity contribution is 5.85. The second-order valence-corrected chi connectivity index (χ2v) is 9.28. The molecule has 3 aromatic rings. The van der Waals surface area contributed by atoms with Crippen molar-refractivity contribution in [3.05, 3.63) is 66.1 Å². The Morgan fingerprint density at radius 2 is 2.15 bits per heavy atom. The van der Waals surface area contributed by atoms with Crippen molar-refractivity contribution in [2.45, 2.75) is 31.3 Å². The van der Waals surface area contributed by atoms with Crippen LogP contribution >= 0.6 is 0 Å². The number of pyridine rings is 1. The van der Waals surface area contributed by atoms with Gasteiger partial charge >= 0.3 is 0 Å². The molecular weight excluding hydrogens is 429 g/mol. The number of benzene rings is 1. The molecule has 0 saturated carbocycles. The maximum atomic E-state index is 12.4. The average molecular weight is 464 g/mol. The summed E-state index contributed by atoms with van der Waals surface area (Å²) in [5.74, 6) is 0.790. The fraction of sp³-hybridized carbons (Fsp3) is 0.444. The zero-order valence-corrected chi connectivity index (χ0v) is 19.9. The Morgan fingerprint density at radius 3 is 2.94 bits per heavy atom. The summed E-state index contributed by atoms with van der Waals surface area (Å²) < 4.78 is 18.3. The van der Waals surface area contributed by atoms with Crippen LogP contribution in [-0.2, 0) is 6.42 Å². The van der Waals surface area contributed by atoms with Crippen LogP contribution < -0.4 is 10.1 Å². The Balaban J connectivity index is 1.43. The number of nitrogens with one attached hydrogen (secondary N) is 2. The second kappa shape index (κ2) is 10.2. The number of anilines is 1. The number of para-hydroxylation sites is 1. The molecule has 7 heteroatoms. The Bertz CT molecular complexity index is 1140. The summed E-state index contributed by atoms with van der Waals surface area (Å²) in [5, 5.41) is 4.86. The van der Waals surface area contributed by atoms with Crippen molar-refractivity contribution in [2.24, 2.45) is 0 Å². The maximum Gasteiger partial charge on any atom is 0.144 e. The Labute approximate surface area is 200 Å². The SMILES string of the molecule is C=CCCN1CCc2c([nH]c3ccccc23)[C@H]1c1ncc(NC2CN(CCCF)C2)cc1OC. The van der Waals surface area contributed by atoms with Crippen LogP contribution in [0, 0.1) is 0 Å². The summed E-state index contributed by atoms with van der Waals surface area (Å²) in [6, 6.07) is 11.0. The van der Waals surface area contributed by atoms with Crippen LogP contribution in [0.2, 0.25) is 0 Å². The normalized spacial score (nSPS) is 19.1. The molecular formula is C27H34FN5O. The van der Waals surface area contributed by atoms with E-state index in [1.807, 2.05) is 12.3 Å². The van der Waals surface area contributed by atoms with Crippen molar-refractivity contribution >= 4 is 16.6 Å². The lowest BCUT2D eigenvalue weighted by molar-refractivity contribution is 0.155. The van der Waals surface area contributed by atoms with E-state index in [9.17, 15) is 4.39 Å². The number of halogens is 1. The molecule has 2 aromatic heterocycles. The van der Waals surface area contributed by atoms with Gasteiger partial charge in [-0.3, -0.25) is 19.2 Å². The number of rotatable bonds is 10. The van der Waals surface area contributed by atoms with Gasteiger partial charge in [0.2, 0.25) is 0 Å². The predicted octanol–water partition coefficient (Wildman–Crippen LogP) is 4.55. The molecule has 2 N–H and O–H groups in total. The van der Waals surface area contributed by atoms with Gasteiger partial charge in [-0.15, -0.1) is 6.58 Å². The minimum absolute atomic E-state index is 0.00000467. The summed E-state index contributed by atoms with van der Waals surface area (Å²) in [4.78, 5) is 13.4. The van der Waals surface area contributed by atoms with Crippen molar-refractivity contribution in [3.8, 4) is 5.75 Å². The van der Waals surface area contributed by atoms with Crippen LogP contribution in [0.15, 0.2) is 49.2 Å². The smallest absolute Gasteiger partial charge is 0.144 e. The van der Waals surface area contributed by atoms with Gasteiger partial charge in [0.25, 0.3) is 0 Å². The molecule has 180 valence electrons. The molecule has 0 aliphatic carbocycles. The van der Waals surface area contributed by atoms with E-state index in [-0.39, 0.29) is 12.7 Å².